The molecule has 21 heavy (non-hydrogen) atoms. The van der Waals surface area contributed by atoms with Crippen LogP contribution in [0, 0.1) is 11.6 Å². The number of rotatable bonds is 5. The molecule has 2 atom stereocenters. The van der Waals surface area contributed by atoms with Crippen molar-refractivity contribution in [2.24, 2.45) is 5.73 Å². The third kappa shape index (κ3) is 3.80. The van der Waals surface area contributed by atoms with E-state index in [4.69, 9.17) is 5.73 Å². The number of likely N-dealkylation sites (tertiary alicyclic amines) is 1. The summed E-state index contributed by atoms with van der Waals surface area (Å²) in [5, 5.41) is 0. The maximum absolute atomic E-state index is 13.3. The third-order valence-electron chi connectivity index (χ3n) is 4.97. The van der Waals surface area contributed by atoms with Gasteiger partial charge in [0.1, 0.15) is 11.6 Å². The minimum atomic E-state index is -0.534. The quantitative estimate of drug-likeness (QED) is 0.901. The zero-order valence-corrected chi connectivity index (χ0v) is 13.0. The van der Waals surface area contributed by atoms with Gasteiger partial charge in [0.2, 0.25) is 0 Å². The molecule has 1 heterocycles. The summed E-state index contributed by atoms with van der Waals surface area (Å²) < 4.78 is 26.6. The summed E-state index contributed by atoms with van der Waals surface area (Å²) in [7, 11) is 0. The van der Waals surface area contributed by atoms with Gasteiger partial charge >= 0.3 is 0 Å². The van der Waals surface area contributed by atoms with E-state index < -0.39 is 11.6 Å². The van der Waals surface area contributed by atoms with Crippen LogP contribution in [-0.4, -0.2) is 29.6 Å². The summed E-state index contributed by atoms with van der Waals surface area (Å²) in [6, 6.07) is 3.53. The Hall–Kier alpha value is -1.00. The van der Waals surface area contributed by atoms with Crippen LogP contribution >= 0.6 is 0 Å². The summed E-state index contributed by atoms with van der Waals surface area (Å²) >= 11 is 0. The molecule has 0 bridgehead atoms. The Morgan fingerprint density at radius 1 is 1.14 bits per heavy atom. The second-order valence-electron chi connectivity index (χ2n) is 6.35. The Morgan fingerprint density at radius 2 is 1.71 bits per heavy atom. The van der Waals surface area contributed by atoms with E-state index in [0.29, 0.717) is 12.0 Å². The van der Waals surface area contributed by atoms with Crippen LogP contribution in [0.3, 0.4) is 0 Å². The smallest absolute Gasteiger partial charge is 0.126 e. The zero-order chi connectivity index (χ0) is 15.5. The first-order valence-electron chi connectivity index (χ1n) is 7.91. The Morgan fingerprint density at radius 3 is 2.24 bits per heavy atom. The lowest BCUT2D eigenvalue weighted by molar-refractivity contribution is 0.0546. The van der Waals surface area contributed by atoms with Gasteiger partial charge in [0.25, 0.3) is 0 Å². The van der Waals surface area contributed by atoms with Gasteiger partial charge in [-0.2, -0.15) is 0 Å². The fourth-order valence-corrected chi connectivity index (χ4v) is 3.33. The molecule has 2 N–H and O–H groups in total. The summed E-state index contributed by atoms with van der Waals surface area (Å²) in [6.45, 7) is 6.45. The van der Waals surface area contributed by atoms with Crippen LogP contribution in [-0.2, 0) is 6.42 Å². The topological polar surface area (TPSA) is 29.3 Å². The first kappa shape index (κ1) is 16.4. The molecule has 2 rings (SSSR count). The van der Waals surface area contributed by atoms with Gasteiger partial charge in [-0.25, -0.2) is 8.78 Å². The molecule has 4 heteroatoms. The van der Waals surface area contributed by atoms with E-state index in [-0.39, 0.29) is 11.6 Å². The van der Waals surface area contributed by atoms with Crippen LogP contribution in [0.2, 0.25) is 0 Å². The van der Waals surface area contributed by atoms with E-state index >= 15 is 0 Å². The number of hydrogen-bond donors (Lipinski definition) is 1. The van der Waals surface area contributed by atoms with E-state index in [1.165, 1.54) is 31.4 Å². The van der Waals surface area contributed by atoms with Gasteiger partial charge in [0, 0.05) is 17.6 Å². The molecule has 118 valence electrons. The van der Waals surface area contributed by atoms with Gasteiger partial charge in [0.15, 0.2) is 0 Å². The number of nitrogens with zero attached hydrogens (tertiary/aromatic N) is 1. The molecule has 0 amide bonds. The van der Waals surface area contributed by atoms with Crippen LogP contribution in [0.25, 0.3) is 0 Å². The van der Waals surface area contributed by atoms with Crippen molar-refractivity contribution in [1.82, 2.24) is 4.90 Å². The van der Waals surface area contributed by atoms with Crippen molar-refractivity contribution in [2.45, 2.75) is 57.5 Å². The second kappa shape index (κ2) is 6.84. The fraction of sp³-hybridized carbons (Fsp3) is 0.647. The fourth-order valence-electron chi connectivity index (χ4n) is 3.33. The Kier molecular flexibility index (Phi) is 5.33. The van der Waals surface area contributed by atoms with Crippen LogP contribution in [0.4, 0.5) is 8.78 Å². The SMILES string of the molecule is CCC(C)(C(N)Cc1cc(F)cc(F)c1)N1CCCCC1. The largest absolute Gasteiger partial charge is 0.326 e. The molecule has 1 aliphatic rings. The number of nitrogens with two attached hydrogens (primary N) is 1. The highest BCUT2D eigenvalue weighted by Crippen LogP contribution is 2.28. The highest BCUT2D eigenvalue weighted by atomic mass is 19.1. The van der Waals surface area contributed by atoms with Gasteiger partial charge in [-0.05, 0) is 63.4 Å². The maximum Gasteiger partial charge on any atom is 0.126 e. The second-order valence-corrected chi connectivity index (χ2v) is 6.35. The predicted octanol–water partition coefficient (Wildman–Crippen LogP) is 3.49. The average molecular weight is 296 g/mol. The van der Waals surface area contributed by atoms with Crippen molar-refractivity contribution in [3.63, 3.8) is 0 Å². The van der Waals surface area contributed by atoms with Crippen molar-refractivity contribution in [2.75, 3.05) is 13.1 Å². The number of piperidine rings is 1. The van der Waals surface area contributed by atoms with Gasteiger partial charge in [-0.15, -0.1) is 0 Å². The molecule has 0 spiro atoms. The monoisotopic (exact) mass is 296 g/mol. The van der Waals surface area contributed by atoms with Crippen molar-refractivity contribution in [3.8, 4) is 0 Å². The van der Waals surface area contributed by atoms with Crippen molar-refractivity contribution >= 4 is 0 Å². The minimum Gasteiger partial charge on any atom is -0.326 e. The van der Waals surface area contributed by atoms with E-state index in [2.05, 4.69) is 18.7 Å². The number of benzene rings is 1. The van der Waals surface area contributed by atoms with Crippen LogP contribution in [0.1, 0.15) is 45.1 Å². The summed E-state index contributed by atoms with van der Waals surface area (Å²) in [5.74, 6) is -1.07. The van der Waals surface area contributed by atoms with Crippen molar-refractivity contribution < 1.29 is 8.78 Å². The molecule has 0 aromatic heterocycles. The molecule has 0 radical (unpaired) electrons. The van der Waals surface area contributed by atoms with Crippen LogP contribution in [0.5, 0.6) is 0 Å². The highest BCUT2D eigenvalue weighted by Gasteiger charge is 2.36. The first-order valence-corrected chi connectivity index (χ1v) is 7.91. The molecule has 1 aromatic carbocycles. The lowest BCUT2D eigenvalue weighted by atomic mass is 9.83. The molecule has 1 aliphatic heterocycles. The van der Waals surface area contributed by atoms with Crippen molar-refractivity contribution in [1.29, 1.82) is 0 Å². The molecular weight excluding hydrogens is 270 g/mol. The Balaban J connectivity index is 2.13. The lowest BCUT2D eigenvalue weighted by Gasteiger charge is -2.47. The molecule has 2 nitrogen and oxygen atoms in total. The van der Waals surface area contributed by atoms with Crippen LogP contribution < -0.4 is 5.73 Å². The molecule has 1 fully saturated rings. The summed E-state index contributed by atoms with van der Waals surface area (Å²) in [6.07, 6.45) is 5.12. The van der Waals surface area contributed by atoms with Gasteiger partial charge < -0.3 is 5.73 Å². The van der Waals surface area contributed by atoms with E-state index in [0.717, 1.165) is 25.6 Å². The van der Waals surface area contributed by atoms with E-state index in [1.54, 1.807) is 0 Å². The van der Waals surface area contributed by atoms with Gasteiger partial charge in [-0.1, -0.05) is 13.3 Å². The molecule has 2 unspecified atom stereocenters. The third-order valence-corrected chi connectivity index (χ3v) is 4.97. The maximum atomic E-state index is 13.3. The van der Waals surface area contributed by atoms with Gasteiger partial charge in [-0.3, -0.25) is 4.90 Å². The average Bonchev–Trinajstić information content (AvgIpc) is 2.46. The molecule has 0 aliphatic carbocycles. The predicted molar refractivity (Wildman–Crippen MR) is 82.2 cm³/mol. The standard InChI is InChI=1S/C17H26F2N2/c1-3-17(2,21-7-5-4-6-8-21)16(20)11-13-9-14(18)12-15(19)10-13/h9-10,12,16H,3-8,11,20H2,1-2H3. The normalized spacial score (nSPS) is 21.0. The van der Waals surface area contributed by atoms with E-state index in [9.17, 15) is 8.78 Å². The molecule has 0 saturated carbocycles. The van der Waals surface area contributed by atoms with E-state index in [1.807, 2.05) is 0 Å². The molecule has 1 saturated heterocycles. The zero-order valence-electron chi connectivity index (χ0n) is 13.0. The number of halogens is 2. The van der Waals surface area contributed by atoms with Crippen molar-refractivity contribution in [3.05, 3.63) is 35.4 Å². The minimum absolute atomic E-state index is 0.122. The first-order chi connectivity index (χ1) is 9.95. The lowest BCUT2D eigenvalue weighted by Crippen LogP contribution is -2.59. The van der Waals surface area contributed by atoms with Crippen LogP contribution in [0.15, 0.2) is 18.2 Å². The molecular formula is C17H26F2N2. The van der Waals surface area contributed by atoms with Gasteiger partial charge in [0.05, 0.1) is 0 Å². The Labute approximate surface area is 126 Å². The summed E-state index contributed by atoms with van der Waals surface area (Å²) in [5.41, 5.74) is 6.95. The number of hydrogen-bond acceptors (Lipinski definition) is 2. The molecule has 1 aromatic rings. The Bertz CT molecular complexity index is 452. The summed E-state index contributed by atoms with van der Waals surface area (Å²) in [4.78, 5) is 2.46. The highest BCUT2D eigenvalue weighted by molar-refractivity contribution is 5.20.